The van der Waals surface area contributed by atoms with Crippen molar-refractivity contribution >= 4 is 28.8 Å². The summed E-state index contributed by atoms with van der Waals surface area (Å²) in [7, 11) is 0. The van der Waals surface area contributed by atoms with Crippen molar-refractivity contribution in [3.05, 3.63) is 59.4 Å². The van der Waals surface area contributed by atoms with E-state index in [0.29, 0.717) is 17.1 Å². The molecule has 0 unspecified atom stereocenters. The van der Waals surface area contributed by atoms with Gasteiger partial charge in [-0.05, 0) is 29.8 Å². The number of phenols is 1. The largest absolute Gasteiger partial charge is 0.507 e. The zero-order valence-electron chi connectivity index (χ0n) is 11.0. The third kappa shape index (κ3) is 4.00. The first kappa shape index (κ1) is 14.9. The molecule has 4 N–H and O–H groups in total. The van der Waals surface area contributed by atoms with Crippen LogP contribution >= 0.6 is 12.2 Å². The summed E-state index contributed by atoms with van der Waals surface area (Å²) in [6, 6.07) is 10.2. The number of rotatable bonds is 4. The van der Waals surface area contributed by atoms with Crippen LogP contribution in [0, 0.1) is 5.82 Å². The standard InChI is InChI=1S/C15H13FN2O2S/c16-10-3-6-12(13(19)8-10)15(20)18-11-4-1-9(2-5-11)7-14(17)21/h1-6,8,19H,7H2,(H2,17,21)(H,18,20). The van der Waals surface area contributed by atoms with Crippen LogP contribution in [0.25, 0.3) is 0 Å². The van der Waals surface area contributed by atoms with E-state index in [1.54, 1.807) is 24.3 Å². The quantitative estimate of drug-likeness (QED) is 0.759. The first-order chi connectivity index (χ1) is 9.95. The van der Waals surface area contributed by atoms with E-state index < -0.39 is 17.5 Å². The second kappa shape index (κ2) is 6.32. The molecular weight excluding hydrogens is 291 g/mol. The van der Waals surface area contributed by atoms with Crippen LogP contribution in [0.3, 0.4) is 0 Å². The molecule has 6 heteroatoms. The van der Waals surface area contributed by atoms with E-state index in [-0.39, 0.29) is 5.56 Å². The number of hydrogen-bond acceptors (Lipinski definition) is 3. The lowest BCUT2D eigenvalue weighted by Crippen LogP contribution is -2.13. The van der Waals surface area contributed by atoms with E-state index in [4.69, 9.17) is 18.0 Å². The van der Waals surface area contributed by atoms with Crippen LogP contribution in [0.4, 0.5) is 10.1 Å². The van der Waals surface area contributed by atoms with Crippen molar-refractivity contribution in [2.24, 2.45) is 5.73 Å². The van der Waals surface area contributed by atoms with E-state index >= 15 is 0 Å². The molecule has 4 nitrogen and oxygen atoms in total. The number of hydrogen-bond donors (Lipinski definition) is 3. The Kier molecular flexibility index (Phi) is 4.49. The highest BCUT2D eigenvalue weighted by Crippen LogP contribution is 2.20. The van der Waals surface area contributed by atoms with E-state index in [9.17, 15) is 14.3 Å². The molecule has 0 heterocycles. The molecule has 0 aliphatic heterocycles. The fraction of sp³-hybridized carbons (Fsp3) is 0.0667. The maximum atomic E-state index is 12.9. The number of carbonyl (C=O) groups excluding carboxylic acids is 1. The van der Waals surface area contributed by atoms with Crippen molar-refractivity contribution in [2.45, 2.75) is 6.42 Å². The van der Waals surface area contributed by atoms with Crippen molar-refractivity contribution in [1.29, 1.82) is 0 Å². The summed E-state index contributed by atoms with van der Waals surface area (Å²) in [5, 5.41) is 12.2. The molecule has 108 valence electrons. The fourth-order valence-corrected chi connectivity index (χ4v) is 1.97. The van der Waals surface area contributed by atoms with Gasteiger partial charge in [-0.15, -0.1) is 0 Å². The van der Waals surface area contributed by atoms with Crippen molar-refractivity contribution in [2.75, 3.05) is 5.32 Å². The Hall–Kier alpha value is -2.47. The molecule has 0 fully saturated rings. The molecule has 0 bridgehead atoms. The number of thiocarbonyl (C=S) groups is 1. The number of aromatic hydroxyl groups is 1. The summed E-state index contributed by atoms with van der Waals surface area (Å²) in [4.78, 5) is 12.4. The second-order valence-corrected chi connectivity index (χ2v) is 4.98. The van der Waals surface area contributed by atoms with Crippen LogP contribution in [-0.4, -0.2) is 16.0 Å². The Labute approximate surface area is 126 Å². The molecule has 0 aliphatic carbocycles. The van der Waals surface area contributed by atoms with Gasteiger partial charge < -0.3 is 16.2 Å². The molecule has 21 heavy (non-hydrogen) atoms. The zero-order chi connectivity index (χ0) is 15.4. The summed E-state index contributed by atoms with van der Waals surface area (Å²) in [6.07, 6.45) is 0.488. The molecule has 1 amide bonds. The fourth-order valence-electron chi connectivity index (χ4n) is 1.80. The highest BCUT2D eigenvalue weighted by molar-refractivity contribution is 7.80. The summed E-state index contributed by atoms with van der Waals surface area (Å²) in [5.74, 6) is -1.53. The molecule has 0 aliphatic rings. The van der Waals surface area contributed by atoms with Crippen LogP contribution in [-0.2, 0) is 6.42 Å². The number of benzene rings is 2. The van der Waals surface area contributed by atoms with Crippen LogP contribution in [0.2, 0.25) is 0 Å². The van der Waals surface area contributed by atoms with E-state index in [1.807, 2.05) is 0 Å². The van der Waals surface area contributed by atoms with Gasteiger partial charge in [-0.3, -0.25) is 4.79 Å². The molecule has 0 atom stereocenters. The van der Waals surface area contributed by atoms with Crippen LogP contribution in [0.15, 0.2) is 42.5 Å². The first-order valence-electron chi connectivity index (χ1n) is 6.13. The molecule has 0 saturated heterocycles. The van der Waals surface area contributed by atoms with Gasteiger partial charge in [0, 0.05) is 18.2 Å². The van der Waals surface area contributed by atoms with Crippen LogP contribution in [0.1, 0.15) is 15.9 Å². The summed E-state index contributed by atoms with van der Waals surface area (Å²) in [5.41, 5.74) is 6.94. The Morgan fingerprint density at radius 3 is 2.48 bits per heavy atom. The average molecular weight is 304 g/mol. The van der Waals surface area contributed by atoms with Crippen molar-refractivity contribution in [1.82, 2.24) is 0 Å². The minimum Gasteiger partial charge on any atom is -0.507 e. The predicted octanol–water partition coefficient (Wildman–Crippen LogP) is 2.61. The Morgan fingerprint density at radius 2 is 1.90 bits per heavy atom. The highest BCUT2D eigenvalue weighted by atomic mass is 32.1. The molecule has 0 radical (unpaired) electrons. The van der Waals surface area contributed by atoms with Gasteiger partial charge in [-0.1, -0.05) is 24.4 Å². The van der Waals surface area contributed by atoms with Gasteiger partial charge in [0.05, 0.1) is 10.6 Å². The van der Waals surface area contributed by atoms with Crippen LogP contribution in [0.5, 0.6) is 5.75 Å². The van der Waals surface area contributed by atoms with Gasteiger partial charge in [0.1, 0.15) is 11.6 Å². The topological polar surface area (TPSA) is 75.3 Å². The number of amides is 1. The summed E-state index contributed by atoms with van der Waals surface area (Å²) < 4.78 is 12.9. The number of nitrogens with one attached hydrogen (secondary N) is 1. The van der Waals surface area contributed by atoms with Crippen molar-refractivity contribution in [3.63, 3.8) is 0 Å². The van der Waals surface area contributed by atoms with Crippen molar-refractivity contribution < 1.29 is 14.3 Å². The molecular formula is C15H13FN2O2S. The maximum absolute atomic E-state index is 12.9. The number of nitrogens with two attached hydrogens (primary N) is 1. The third-order valence-corrected chi connectivity index (χ3v) is 2.94. The normalized spacial score (nSPS) is 10.1. The summed E-state index contributed by atoms with van der Waals surface area (Å²) in [6.45, 7) is 0. The lowest BCUT2D eigenvalue weighted by atomic mass is 10.1. The molecule has 0 spiro atoms. The van der Waals surface area contributed by atoms with Crippen molar-refractivity contribution in [3.8, 4) is 5.75 Å². The predicted molar refractivity (Wildman–Crippen MR) is 82.9 cm³/mol. The SMILES string of the molecule is NC(=S)Cc1ccc(NC(=O)c2ccc(F)cc2O)cc1. The molecule has 0 aromatic heterocycles. The Balaban J connectivity index is 2.10. The monoisotopic (exact) mass is 304 g/mol. The van der Waals surface area contributed by atoms with E-state index in [0.717, 1.165) is 17.7 Å². The number of anilines is 1. The minimum absolute atomic E-state index is 0.00334. The molecule has 0 saturated carbocycles. The van der Waals surface area contributed by atoms with Gasteiger partial charge in [0.2, 0.25) is 0 Å². The zero-order valence-corrected chi connectivity index (χ0v) is 11.8. The first-order valence-corrected chi connectivity index (χ1v) is 6.53. The highest BCUT2D eigenvalue weighted by Gasteiger charge is 2.12. The van der Waals surface area contributed by atoms with E-state index in [2.05, 4.69) is 5.32 Å². The number of carbonyl (C=O) groups is 1. The average Bonchev–Trinajstić information content (AvgIpc) is 2.40. The lowest BCUT2D eigenvalue weighted by Gasteiger charge is -2.08. The van der Waals surface area contributed by atoms with E-state index in [1.165, 1.54) is 6.07 Å². The van der Waals surface area contributed by atoms with Gasteiger partial charge in [-0.25, -0.2) is 4.39 Å². The number of phenolic OH excluding ortho intramolecular Hbond substituents is 1. The Bertz CT molecular complexity index is 687. The van der Waals surface area contributed by atoms with Gasteiger partial charge in [-0.2, -0.15) is 0 Å². The maximum Gasteiger partial charge on any atom is 0.259 e. The minimum atomic E-state index is -0.605. The van der Waals surface area contributed by atoms with Gasteiger partial charge in [0.15, 0.2) is 0 Å². The Morgan fingerprint density at radius 1 is 1.24 bits per heavy atom. The molecule has 2 aromatic rings. The lowest BCUT2D eigenvalue weighted by molar-refractivity contribution is 0.102. The van der Waals surface area contributed by atoms with Crippen LogP contribution < -0.4 is 11.1 Å². The third-order valence-electron chi connectivity index (χ3n) is 2.79. The summed E-state index contributed by atoms with van der Waals surface area (Å²) >= 11 is 4.82. The van der Waals surface area contributed by atoms with Gasteiger partial charge >= 0.3 is 0 Å². The molecule has 2 rings (SSSR count). The molecule has 2 aromatic carbocycles. The second-order valence-electron chi connectivity index (χ2n) is 4.46. The number of halogens is 1. The van der Waals surface area contributed by atoms with Gasteiger partial charge in [0.25, 0.3) is 5.91 Å². The smallest absolute Gasteiger partial charge is 0.259 e.